The largest absolute Gasteiger partial charge is 0.507 e. The van der Waals surface area contributed by atoms with Crippen LogP contribution in [0.4, 0.5) is 0 Å². The summed E-state index contributed by atoms with van der Waals surface area (Å²) in [6.07, 6.45) is 0. The van der Waals surface area contributed by atoms with E-state index in [2.05, 4.69) is 19.2 Å². The number of nitrogens with one attached hydrogen (secondary N) is 1. The van der Waals surface area contributed by atoms with Gasteiger partial charge in [0.25, 0.3) is 0 Å². The van der Waals surface area contributed by atoms with Gasteiger partial charge in [0.05, 0.1) is 7.11 Å². The Hall–Kier alpha value is -1.22. The fourth-order valence-corrected chi connectivity index (χ4v) is 1.54. The molecule has 0 fully saturated rings. The summed E-state index contributed by atoms with van der Waals surface area (Å²) in [6.45, 7) is 7.30. The van der Waals surface area contributed by atoms with Gasteiger partial charge in [0.15, 0.2) is 0 Å². The molecular formula is C13H21NO2. The highest BCUT2D eigenvalue weighted by molar-refractivity contribution is 5.41. The molecule has 2 N–H and O–H groups in total. The summed E-state index contributed by atoms with van der Waals surface area (Å²) in [6, 6.07) is 5.55. The van der Waals surface area contributed by atoms with Gasteiger partial charge >= 0.3 is 0 Å². The van der Waals surface area contributed by atoms with Gasteiger partial charge in [0, 0.05) is 17.7 Å². The van der Waals surface area contributed by atoms with Crippen LogP contribution in [0.2, 0.25) is 0 Å². The maximum atomic E-state index is 9.84. The highest BCUT2D eigenvalue weighted by atomic mass is 16.5. The predicted molar refractivity (Wildman–Crippen MR) is 65.9 cm³/mol. The van der Waals surface area contributed by atoms with Gasteiger partial charge in [-0.25, -0.2) is 0 Å². The first kappa shape index (κ1) is 12.8. The van der Waals surface area contributed by atoms with Crippen LogP contribution < -0.4 is 10.1 Å². The first-order valence-corrected chi connectivity index (χ1v) is 5.65. The van der Waals surface area contributed by atoms with Crippen molar-refractivity contribution >= 4 is 0 Å². The number of aromatic hydroxyl groups is 1. The summed E-state index contributed by atoms with van der Waals surface area (Å²) in [7, 11) is 1.59. The van der Waals surface area contributed by atoms with Crippen molar-refractivity contribution in [2.75, 3.05) is 13.7 Å². The van der Waals surface area contributed by atoms with Crippen LogP contribution in [0.15, 0.2) is 18.2 Å². The standard InChI is InChI=1S/C13H21NO2/c1-9(2)8-14-10(3)12-6-5-11(16-4)7-13(12)15/h5-7,9-10,14-15H,8H2,1-4H3. The van der Waals surface area contributed by atoms with E-state index in [1.165, 1.54) is 0 Å². The summed E-state index contributed by atoms with van der Waals surface area (Å²) in [5, 5.41) is 13.2. The van der Waals surface area contributed by atoms with Gasteiger partial charge in [-0.1, -0.05) is 19.9 Å². The SMILES string of the molecule is COc1ccc(C(C)NCC(C)C)c(O)c1. The van der Waals surface area contributed by atoms with E-state index in [0.717, 1.165) is 12.1 Å². The molecule has 0 bridgehead atoms. The van der Waals surface area contributed by atoms with E-state index in [-0.39, 0.29) is 11.8 Å². The van der Waals surface area contributed by atoms with Crippen molar-refractivity contribution in [3.8, 4) is 11.5 Å². The second-order valence-electron chi connectivity index (χ2n) is 4.45. The molecule has 3 heteroatoms. The molecule has 1 unspecified atom stereocenters. The van der Waals surface area contributed by atoms with E-state index in [0.29, 0.717) is 11.7 Å². The Morgan fingerprint density at radius 1 is 1.31 bits per heavy atom. The lowest BCUT2D eigenvalue weighted by molar-refractivity contribution is 0.402. The van der Waals surface area contributed by atoms with Gasteiger partial charge in [-0.15, -0.1) is 0 Å². The van der Waals surface area contributed by atoms with E-state index < -0.39 is 0 Å². The summed E-state index contributed by atoms with van der Waals surface area (Å²) < 4.78 is 5.05. The smallest absolute Gasteiger partial charge is 0.124 e. The first-order chi connectivity index (χ1) is 7.54. The molecule has 1 aromatic carbocycles. The molecule has 0 aliphatic carbocycles. The van der Waals surface area contributed by atoms with Crippen LogP contribution in [-0.2, 0) is 0 Å². The molecule has 90 valence electrons. The number of phenolic OH excluding ortho intramolecular Hbond substituents is 1. The third-order valence-electron chi connectivity index (χ3n) is 2.54. The average Bonchev–Trinajstić information content (AvgIpc) is 2.25. The zero-order chi connectivity index (χ0) is 12.1. The molecule has 16 heavy (non-hydrogen) atoms. The molecule has 0 aliphatic rings. The molecule has 1 aromatic rings. The number of phenols is 1. The maximum absolute atomic E-state index is 9.84. The summed E-state index contributed by atoms with van der Waals surface area (Å²) in [5.41, 5.74) is 0.904. The van der Waals surface area contributed by atoms with E-state index in [1.54, 1.807) is 13.2 Å². The van der Waals surface area contributed by atoms with Gasteiger partial charge < -0.3 is 15.2 Å². The fourth-order valence-electron chi connectivity index (χ4n) is 1.54. The van der Waals surface area contributed by atoms with Crippen LogP contribution >= 0.6 is 0 Å². The van der Waals surface area contributed by atoms with E-state index in [4.69, 9.17) is 4.74 Å². The second kappa shape index (κ2) is 5.75. The molecule has 0 saturated heterocycles. The Morgan fingerprint density at radius 2 is 2.00 bits per heavy atom. The number of methoxy groups -OCH3 is 1. The molecule has 0 heterocycles. The van der Waals surface area contributed by atoms with Crippen molar-refractivity contribution in [3.63, 3.8) is 0 Å². The minimum absolute atomic E-state index is 0.147. The van der Waals surface area contributed by atoms with Crippen molar-refractivity contribution in [1.82, 2.24) is 5.32 Å². The Kier molecular flexibility index (Phi) is 4.62. The third-order valence-corrected chi connectivity index (χ3v) is 2.54. The highest BCUT2D eigenvalue weighted by Gasteiger charge is 2.10. The normalized spacial score (nSPS) is 12.8. The molecular weight excluding hydrogens is 202 g/mol. The fraction of sp³-hybridized carbons (Fsp3) is 0.538. The maximum Gasteiger partial charge on any atom is 0.124 e. The van der Waals surface area contributed by atoms with Crippen molar-refractivity contribution < 1.29 is 9.84 Å². The van der Waals surface area contributed by atoms with Crippen molar-refractivity contribution in [3.05, 3.63) is 23.8 Å². The van der Waals surface area contributed by atoms with Gasteiger partial charge in [0.2, 0.25) is 0 Å². The topological polar surface area (TPSA) is 41.5 Å². The highest BCUT2D eigenvalue weighted by Crippen LogP contribution is 2.28. The van der Waals surface area contributed by atoms with Gasteiger partial charge in [0.1, 0.15) is 11.5 Å². The van der Waals surface area contributed by atoms with Crippen molar-refractivity contribution in [2.24, 2.45) is 5.92 Å². The third kappa shape index (κ3) is 3.42. The monoisotopic (exact) mass is 223 g/mol. The average molecular weight is 223 g/mol. The van der Waals surface area contributed by atoms with Gasteiger partial charge in [-0.3, -0.25) is 0 Å². The number of hydrogen-bond acceptors (Lipinski definition) is 3. The van der Waals surface area contributed by atoms with Crippen LogP contribution in [-0.4, -0.2) is 18.8 Å². The zero-order valence-corrected chi connectivity index (χ0v) is 10.4. The Labute approximate surface area is 97.4 Å². The molecule has 0 aromatic heterocycles. The molecule has 0 spiro atoms. The number of benzene rings is 1. The predicted octanol–water partition coefficient (Wildman–Crippen LogP) is 2.71. The lowest BCUT2D eigenvalue weighted by Crippen LogP contribution is -2.23. The summed E-state index contributed by atoms with van der Waals surface area (Å²) >= 11 is 0. The minimum Gasteiger partial charge on any atom is -0.507 e. The number of hydrogen-bond donors (Lipinski definition) is 2. The lowest BCUT2D eigenvalue weighted by atomic mass is 10.1. The zero-order valence-electron chi connectivity index (χ0n) is 10.4. The van der Waals surface area contributed by atoms with Crippen LogP contribution in [0.5, 0.6) is 11.5 Å². The number of rotatable bonds is 5. The minimum atomic E-state index is 0.147. The van der Waals surface area contributed by atoms with Gasteiger partial charge in [-0.2, -0.15) is 0 Å². The van der Waals surface area contributed by atoms with E-state index in [9.17, 15) is 5.11 Å². The Balaban J connectivity index is 2.71. The van der Waals surface area contributed by atoms with Crippen molar-refractivity contribution in [1.29, 1.82) is 0 Å². The second-order valence-corrected chi connectivity index (χ2v) is 4.45. The molecule has 3 nitrogen and oxygen atoms in total. The molecule has 0 amide bonds. The van der Waals surface area contributed by atoms with E-state index >= 15 is 0 Å². The number of ether oxygens (including phenoxy) is 1. The molecule has 1 atom stereocenters. The Morgan fingerprint density at radius 3 is 2.50 bits per heavy atom. The van der Waals surface area contributed by atoms with Gasteiger partial charge in [-0.05, 0) is 25.5 Å². The van der Waals surface area contributed by atoms with E-state index in [1.807, 2.05) is 19.1 Å². The summed E-state index contributed by atoms with van der Waals surface area (Å²) in [5.74, 6) is 1.56. The van der Waals surface area contributed by atoms with Crippen LogP contribution in [0.1, 0.15) is 32.4 Å². The van der Waals surface area contributed by atoms with Crippen LogP contribution in [0, 0.1) is 5.92 Å². The van der Waals surface area contributed by atoms with Crippen LogP contribution in [0.25, 0.3) is 0 Å². The molecule has 0 radical (unpaired) electrons. The van der Waals surface area contributed by atoms with Crippen LogP contribution in [0.3, 0.4) is 0 Å². The Bertz CT molecular complexity index is 337. The molecule has 0 aliphatic heterocycles. The van der Waals surface area contributed by atoms with Crippen molar-refractivity contribution in [2.45, 2.75) is 26.8 Å². The first-order valence-electron chi connectivity index (χ1n) is 5.65. The summed E-state index contributed by atoms with van der Waals surface area (Å²) in [4.78, 5) is 0. The quantitative estimate of drug-likeness (QED) is 0.806. The lowest BCUT2D eigenvalue weighted by Gasteiger charge is -2.17. The molecule has 0 saturated carbocycles. The molecule has 1 rings (SSSR count).